The molecule has 4 nitrogen and oxygen atoms in total. The molecular weight excluding hydrogens is 246 g/mol. The van der Waals surface area contributed by atoms with Crippen molar-refractivity contribution >= 4 is 16.5 Å². The van der Waals surface area contributed by atoms with Gasteiger partial charge in [-0.05, 0) is 32.1 Å². The Hall–Kier alpha value is -0.680. The van der Waals surface area contributed by atoms with E-state index in [1.54, 1.807) is 11.3 Å². The Morgan fingerprint density at radius 2 is 2.28 bits per heavy atom. The van der Waals surface area contributed by atoms with E-state index in [4.69, 9.17) is 4.74 Å². The molecular formula is C13H21N3OS. The molecule has 1 aromatic heterocycles. The second-order valence-corrected chi connectivity index (χ2v) is 6.36. The van der Waals surface area contributed by atoms with Crippen molar-refractivity contribution in [3.63, 3.8) is 0 Å². The van der Waals surface area contributed by atoms with E-state index in [1.165, 1.54) is 25.7 Å². The topological polar surface area (TPSA) is 47.0 Å². The lowest BCUT2D eigenvalue weighted by Crippen LogP contribution is -2.38. The van der Waals surface area contributed by atoms with E-state index < -0.39 is 0 Å². The van der Waals surface area contributed by atoms with E-state index in [0.717, 1.165) is 29.6 Å². The van der Waals surface area contributed by atoms with Gasteiger partial charge in [-0.3, -0.25) is 0 Å². The number of aryl methyl sites for hydroxylation is 1. The first kappa shape index (κ1) is 12.4. The van der Waals surface area contributed by atoms with Crippen LogP contribution in [0, 0.1) is 5.92 Å². The molecule has 0 aromatic carbocycles. The van der Waals surface area contributed by atoms with Gasteiger partial charge in [0.25, 0.3) is 0 Å². The highest BCUT2D eigenvalue weighted by molar-refractivity contribution is 7.15. The third-order valence-corrected chi connectivity index (χ3v) is 4.94. The molecule has 2 heterocycles. The molecule has 0 spiro atoms. The van der Waals surface area contributed by atoms with Crippen molar-refractivity contribution in [2.24, 2.45) is 5.92 Å². The van der Waals surface area contributed by atoms with Gasteiger partial charge in [-0.15, -0.1) is 10.2 Å². The number of anilines is 1. The monoisotopic (exact) mass is 267 g/mol. The van der Waals surface area contributed by atoms with Gasteiger partial charge in [-0.2, -0.15) is 0 Å². The smallest absolute Gasteiger partial charge is 0.205 e. The van der Waals surface area contributed by atoms with E-state index >= 15 is 0 Å². The van der Waals surface area contributed by atoms with Crippen molar-refractivity contribution in [1.82, 2.24) is 10.2 Å². The Morgan fingerprint density at radius 1 is 1.33 bits per heavy atom. The highest BCUT2D eigenvalue weighted by atomic mass is 32.1. The maximum absolute atomic E-state index is 5.80. The predicted molar refractivity (Wildman–Crippen MR) is 73.0 cm³/mol. The summed E-state index contributed by atoms with van der Waals surface area (Å²) in [6, 6.07) is 0.536. The van der Waals surface area contributed by atoms with Crippen molar-refractivity contribution in [1.29, 1.82) is 0 Å². The fourth-order valence-corrected chi connectivity index (χ4v) is 4.04. The Balaban J connectivity index is 1.63. The van der Waals surface area contributed by atoms with Gasteiger partial charge < -0.3 is 10.1 Å². The first-order valence-corrected chi connectivity index (χ1v) is 7.89. The molecule has 0 radical (unpaired) electrons. The van der Waals surface area contributed by atoms with Gasteiger partial charge in [-0.25, -0.2) is 0 Å². The molecule has 1 saturated carbocycles. The molecule has 2 aliphatic rings. The number of hydrogen-bond donors (Lipinski definition) is 1. The van der Waals surface area contributed by atoms with E-state index in [1.807, 2.05) is 0 Å². The van der Waals surface area contributed by atoms with Crippen molar-refractivity contribution in [3.05, 3.63) is 5.01 Å². The van der Waals surface area contributed by atoms with Gasteiger partial charge in [0.2, 0.25) is 5.13 Å². The van der Waals surface area contributed by atoms with E-state index in [2.05, 4.69) is 22.4 Å². The minimum Gasteiger partial charge on any atom is -0.378 e. The summed E-state index contributed by atoms with van der Waals surface area (Å²) in [5.74, 6) is 0.678. The van der Waals surface area contributed by atoms with Crippen molar-refractivity contribution < 1.29 is 4.74 Å². The summed E-state index contributed by atoms with van der Waals surface area (Å²) in [5, 5.41) is 14.2. The first-order valence-electron chi connectivity index (χ1n) is 7.07. The normalized spacial score (nSPS) is 31.3. The zero-order valence-corrected chi connectivity index (χ0v) is 11.7. The number of fused-ring (bicyclic) bond motifs is 1. The fraction of sp³-hybridized carbons (Fsp3) is 0.846. The van der Waals surface area contributed by atoms with E-state index in [0.29, 0.717) is 18.1 Å². The maximum atomic E-state index is 5.80. The van der Waals surface area contributed by atoms with Gasteiger partial charge >= 0.3 is 0 Å². The fourth-order valence-electron chi connectivity index (χ4n) is 3.14. The molecule has 1 N–H and O–H groups in total. The van der Waals surface area contributed by atoms with Crippen LogP contribution in [0.15, 0.2) is 0 Å². The molecule has 3 atom stereocenters. The molecule has 0 bridgehead atoms. The molecule has 1 aliphatic heterocycles. The van der Waals surface area contributed by atoms with Crippen LogP contribution in [-0.4, -0.2) is 29.0 Å². The third kappa shape index (κ3) is 2.52. The van der Waals surface area contributed by atoms with Crippen molar-refractivity contribution in [3.8, 4) is 0 Å². The van der Waals surface area contributed by atoms with Crippen LogP contribution in [0.2, 0.25) is 0 Å². The summed E-state index contributed by atoms with van der Waals surface area (Å²) in [7, 11) is 0. The second kappa shape index (κ2) is 5.53. The zero-order chi connectivity index (χ0) is 12.4. The lowest BCUT2D eigenvalue weighted by atomic mass is 9.82. The number of rotatable bonds is 4. The summed E-state index contributed by atoms with van der Waals surface area (Å²) in [6.07, 6.45) is 7.60. The Labute approximate surface area is 112 Å². The largest absolute Gasteiger partial charge is 0.378 e. The summed E-state index contributed by atoms with van der Waals surface area (Å²) < 4.78 is 5.80. The van der Waals surface area contributed by atoms with E-state index in [-0.39, 0.29) is 0 Å². The van der Waals surface area contributed by atoms with Gasteiger partial charge in [0, 0.05) is 25.0 Å². The lowest BCUT2D eigenvalue weighted by Gasteiger charge is -2.32. The minimum absolute atomic E-state index is 0.485. The van der Waals surface area contributed by atoms with Gasteiger partial charge in [0.15, 0.2) is 0 Å². The Bertz CT molecular complexity index is 395. The highest BCUT2D eigenvalue weighted by Gasteiger charge is 2.37. The predicted octanol–water partition coefficient (Wildman–Crippen LogP) is 2.86. The number of nitrogens with one attached hydrogen (secondary N) is 1. The summed E-state index contributed by atoms with van der Waals surface area (Å²) >= 11 is 1.71. The average Bonchev–Trinajstić information content (AvgIpc) is 2.99. The Kier molecular flexibility index (Phi) is 3.80. The molecule has 0 amide bonds. The number of ether oxygens (including phenoxy) is 1. The first-order chi connectivity index (χ1) is 8.86. The van der Waals surface area contributed by atoms with Crippen molar-refractivity contribution in [2.45, 2.75) is 57.6 Å². The standard InChI is InChI=1S/C13H21N3OS/c1-2-4-12-15-16-13(18-12)14-10-5-3-6-11-9(10)7-8-17-11/h9-11H,2-8H2,1H3,(H,14,16)/t9-,10+,11-/m0/s1. The van der Waals surface area contributed by atoms with Crippen LogP contribution in [0.4, 0.5) is 5.13 Å². The van der Waals surface area contributed by atoms with Crippen molar-refractivity contribution in [2.75, 3.05) is 11.9 Å². The van der Waals surface area contributed by atoms with Crippen LogP contribution in [0.5, 0.6) is 0 Å². The summed E-state index contributed by atoms with van der Waals surface area (Å²) in [4.78, 5) is 0. The third-order valence-electron chi connectivity index (χ3n) is 4.02. The molecule has 100 valence electrons. The number of aromatic nitrogens is 2. The SMILES string of the molecule is CCCc1nnc(N[C@@H]2CCC[C@@H]3OCC[C@H]32)s1. The molecule has 1 aromatic rings. The van der Waals surface area contributed by atoms with Crippen LogP contribution >= 0.6 is 11.3 Å². The van der Waals surface area contributed by atoms with Gasteiger partial charge in [0.05, 0.1) is 6.10 Å². The van der Waals surface area contributed by atoms with Crippen LogP contribution in [0.25, 0.3) is 0 Å². The van der Waals surface area contributed by atoms with Crippen LogP contribution in [0.1, 0.15) is 44.0 Å². The summed E-state index contributed by atoms with van der Waals surface area (Å²) in [6.45, 7) is 3.11. The average molecular weight is 267 g/mol. The van der Waals surface area contributed by atoms with Crippen LogP contribution in [-0.2, 0) is 11.2 Å². The molecule has 1 saturated heterocycles. The minimum atomic E-state index is 0.485. The zero-order valence-electron chi connectivity index (χ0n) is 10.9. The molecule has 0 unspecified atom stereocenters. The molecule has 2 fully saturated rings. The number of nitrogens with zero attached hydrogens (tertiary/aromatic N) is 2. The molecule has 3 rings (SSSR count). The Morgan fingerprint density at radius 3 is 3.17 bits per heavy atom. The molecule has 18 heavy (non-hydrogen) atoms. The van der Waals surface area contributed by atoms with Gasteiger partial charge in [-0.1, -0.05) is 18.3 Å². The molecule has 1 aliphatic carbocycles. The van der Waals surface area contributed by atoms with Crippen LogP contribution < -0.4 is 5.32 Å². The number of hydrogen-bond acceptors (Lipinski definition) is 5. The quantitative estimate of drug-likeness (QED) is 0.911. The highest BCUT2D eigenvalue weighted by Crippen LogP contribution is 2.36. The second-order valence-electron chi connectivity index (χ2n) is 5.29. The van der Waals surface area contributed by atoms with Crippen LogP contribution in [0.3, 0.4) is 0 Å². The summed E-state index contributed by atoms with van der Waals surface area (Å²) in [5.41, 5.74) is 0. The van der Waals surface area contributed by atoms with E-state index in [9.17, 15) is 0 Å². The molecule has 5 heteroatoms. The van der Waals surface area contributed by atoms with Gasteiger partial charge in [0.1, 0.15) is 5.01 Å². The lowest BCUT2D eigenvalue weighted by molar-refractivity contribution is 0.0620. The maximum Gasteiger partial charge on any atom is 0.205 e.